The quantitative estimate of drug-likeness (QED) is 0.591. The first-order chi connectivity index (χ1) is 7.88. The third kappa shape index (κ3) is 2.55. The zero-order valence-corrected chi connectivity index (χ0v) is 8.99. The zero-order valence-electron chi connectivity index (χ0n) is 8.99. The van der Waals surface area contributed by atoms with Gasteiger partial charge < -0.3 is 10.8 Å². The summed E-state index contributed by atoms with van der Waals surface area (Å²) in [6.07, 6.45) is 0. The second-order valence-electron chi connectivity index (χ2n) is 3.48. The van der Waals surface area contributed by atoms with E-state index in [-0.39, 0.29) is 16.8 Å². The van der Waals surface area contributed by atoms with Crippen LogP contribution in [0.3, 0.4) is 0 Å². The number of benzene rings is 1. The molecule has 92 valence electrons. The van der Waals surface area contributed by atoms with Gasteiger partial charge in [0.2, 0.25) is 0 Å². The van der Waals surface area contributed by atoms with Gasteiger partial charge in [0, 0.05) is 11.6 Å². The highest BCUT2D eigenvalue weighted by Crippen LogP contribution is 2.30. The highest BCUT2D eigenvalue weighted by Gasteiger charge is 2.23. The van der Waals surface area contributed by atoms with Crippen molar-refractivity contribution in [3.8, 4) is 0 Å². The maximum atomic E-state index is 10.7. The van der Waals surface area contributed by atoms with Crippen LogP contribution in [0.25, 0.3) is 0 Å². The molecular weight excluding hydrogens is 230 g/mol. The third-order valence-electron chi connectivity index (χ3n) is 2.41. The molecule has 8 heteroatoms. The molecule has 0 bridgehead atoms. The topological polar surface area (TPSA) is 133 Å². The van der Waals surface area contributed by atoms with E-state index >= 15 is 0 Å². The standard InChI is InChI=1S/C9H11N3O5/c1-5-7(8(10)4-13)2-6(11(14)15)3-9(5)12(16)17/h2-3,8,13H,4,10H2,1H3/t8-/m1/s1. The first kappa shape index (κ1) is 13.0. The van der Waals surface area contributed by atoms with Crippen molar-refractivity contribution in [2.45, 2.75) is 13.0 Å². The number of hydrogen-bond acceptors (Lipinski definition) is 6. The van der Waals surface area contributed by atoms with Crippen molar-refractivity contribution in [2.75, 3.05) is 6.61 Å². The van der Waals surface area contributed by atoms with Gasteiger partial charge in [0.05, 0.1) is 28.6 Å². The molecule has 0 unspecified atom stereocenters. The van der Waals surface area contributed by atoms with Crippen LogP contribution in [-0.4, -0.2) is 21.6 Å². The van der Waals surface area contributed by atoms with Crippen molar-refractivity contribution < 1.29 is 15.0 Å². The van der Waals surface area contributed by atoms with Crippen LogP contribution in [0.15, 0.2) is 12.1 Å². The Hall–Kier alpha value is -2.06. The molecule has 0 aliphatic rings. The molecular formula is C9H11N3O5. The minimum absolute atomic E-state index is 0.202. The number of nitrogens with two attached hydrogens (primary N) is 1. The molecule has 0 spiro atoms. The van der Waals surface area contributed by atoms with E-state index in [1.807, 2.05) is 0 Å². The Balaban J connectivity index is 3.48. The predicted molar refractivity (Wildman–Crippen MR) is 58.5 cm³/mol. The Labute approximate surface area is 96.0 Å². The Bertz CT molecular complexity index is 474. The summed E-state index contributed by atoms with van der Waals surface area (Å²) in [4.78, 5) is 19.9. The Kier molecular flexibility index (Phi) is 3.71. The average molecular weight is 241 g/mol. The predicted octanol–water partition coefficient (Wildman–Crippen LogP) is 0.804. The number of aliphatic hydroxyl groups excluding tert-OH is 1. The van der Waals surface area contributed by atoms with Gasteiger partial charge in [0.1, 0.15) is 0 Å². The van der Waals surface area contributed by atoms with E-state index in [2.05, 4.69) is 0 Å². The van der Waals surface area contributed by atoms with Gasteiger partial charge in [0.15, 0.2) is 0 Å². The van der Waals surface area contributed by atoms with E-state index in [1.54, 1.807) is 0 Å². The van der Waals surface area contributed by atoms with Crippen LogP contribution >= 0.6 is 0 Å². The van der Waals surface area contributed by atoms with Crippen LogP contribution in [0.5, 0.6) is 0 Å². The van der Waals surface area contributed by atoms with E-state index in [0.29, 0.717) is 0 Å². The molecule has 0 aromatic heterocycles. The number of nitro benzene ring substituents is 2. The summed E-state index contributed by atoms with van der Waals surface area (Å²) in [6.45, 7) is 0.992. The van der Waals surface area contributed by atoms with Crippen molar-refractivity contribution >= 4 is 11.4 Å². The van der Waals surface area contributed by atoms with Crippen molar-refractivity contribution in [3.63, 3.8) is 0 Å². The molecule has 0 saturated carbocycles. The van der Waals surface area contributed by atoms with Gasteiger partial charge in [0.25, 0.3) is 11.4 Å². The van der Waals surface area contributed by atoms with Crippen LogP contribution in [-0.2, 0) is 0 Å². The molecule has 0 saturated heterocycles. The van der Waals surface area contributed by atoms with Gasteiger partial charge >= 0.3 is 0 Å². The average Bonchev–Trinajstić information content (AvgIpc) is 2.27. The van der Waals surface area contributed by atoms with Crippen molar-refractivity contribution in [3.05, 3.63) is 43.5 Å². The summed E-state index contributed by atoms with van der Waals surface area (Å²) in [5, 5.41) is 30.3. The fraction of sp³-hybridized carbons (Fsp3) is 0.333. The first-order valence-electron chi connectivity index (χ1n) is 4.68. The fourth-order valence-corrected chi connectivity index (χ4v) is 1.48. The van der Waals surface area contributed by atoms with E-state index < -0.39 is 28.2 Å². The minimum Gasteiger partial charge on any atom is -0.394 e. The molecule has 1 aromatic rings. The van der Waals surface area contributed by atoms with E-state index in [4.69, 9.17) is 10.8 Å². The normalized spacial score (nSPS) is 12.2. The van der Waals surface area contributed by atoms with Crippen LogP contribution in [0.2, 0.25) is 0 Å². The number of rotatable bonds is 4. The lowest BCUT2D eigenvalue weighted by Gasteiger charge is -2.11. The van der Waals surface area contributed by atoms with Crippen LogP contribution in [0.1, 0.15) is 17.2 Å². The number of aliphatic hydroxyl groups is 1. The largest absolute Gasteiger partial charge is 0.394 e. The van der Waals surface area contributed by atoms with Crippen LogP contribution in [0.4, 0.5) is 11.4 Å². The summed E-state index contributed by atoms with van der Waals surface area (Å²) >= 11 is 0. The summed E-state index contributed by atoms with van der Waals surface area (Å²) < 4.78 is 0. The smallest absolute Gasteiger partial charge is 0.279 e. The van der Waals surface area contributed by atoms with Gasteiger partial charge in [-0.2, -0.15) is 0 Å². The van der Waals surface area contributed by atoms with Crippen molar-refractivity contribution in [2.24, 2.45) is 5.73 Å². The summed E-state index contributed by atoms with van der Waals surface area (Å²) in [5.74, 6) is 0. The van der Waals surface area contributed by atoms with Gasteiger partial charge in [-0.15, -0.1) is 0 Å². The third-order valence-corrected chi connectivity index (χ3v) is 2.41. The first-order valence-corrected chi connectivity index (χ1v) is 4.68. The lowest BCUT2D eigenvalue weighted by molar-refractivity contribution is -0.394. The Morgan fingerprint density at radius 3 is 2.35 bits per heavy atom. The Morgan fingerprint density at radius 1 is 1.35 bits per heavy atom. The van der Waals surface area contributed by atoms with Crippen LogP contribution in [0, 0.1) is 27.2 Å². The molecule has 1 aromatic carbocycles. The summed E-state index contributed by atoms with van der Waals surface area (Å²) in [6, 6.07) is 1.14. The van der Waals surface area contributed by atoms with Gasteiger partial charge in [-0.3, -0.25) is 20.2 Å². The fourth-order valence-electron chi connectivity index (χ4n) is 1.48. The Morgan fingerprint density at radius 2 is 1.94 bits per heavy atom. The lowest BCUT2D eigenvalue weighted by Crippen LogP contribution is -2.16. The number of non-ortho nitro benzene ring substituents is 1. The second kappa shape index (κ2) is 4.85. The maximum Gasteiger partial charge on any atom is 0.279 e. The highest BCUT2D eigenvalue weighted by atomic mass is 16.6. The maximum absolute atomic E-state index is 10.7. The molecule has 0 fully saturated rings. The molecule has 3 N–H and O–H groups in total. The minimum atomic E-state index is -0.881. The van der Waals surface area contributed by atoms with Gasteiger partial charge in [-0.1, -0.05) is 0 Å². The molecule has 0 aliphatic heterocycles. The van der Waals surface area contributed by atoms with E-state index in [1.165, 1.54) is 6.92 Å². The highest BCUT2D eigenvalue weighted by molar-refractivity contribution is 5.54. The van der Waals surface area contributed by atoms with Gasteiger partial charge in [-0.05, 0) is 12.5 Å². The van der Waals surface area contributed by atoms with Crippen molar-refractivity contribution in [1.82, 2.24) is 0 Å². The molecule has 0 amide bonds. The number of hydrogen-bond donors (Lipinski definition) is 2. The zero-order chi connectivity index (χ0) is 13.2. The SMILES string of the molecule is Cc1c([C@H](N)CO)cc([N+](=O)[O-])cc1[N+](=O)[O-]. The van der Waals surface area contributed by atoms with Crippen LogP contribution < -0.4 is 5.73 Å². The summed E-state index contributed by atoms with van der Waals surface area (Å²) in [7, 11) is 0. The molecule has 8 nitrogen and oxygen atoms in total. The van der Waals surface area contributed by atoms with E-state index in [9.17, 15) is 20.2 Å². The van der Waals surface area contributed by atoms with E-state index in [0.717, 1.165) is 12.1 Å². The number of nitrogens with zero attached hydrogens (tertiary/aromatic N) is 2. The number of nitro groups is 2. The summed E-state index contributed by atoms with van der Waals surface area (Å²) in [5.41, 5.74) is 5.17. The lowest BCUT2D eigenvalue weighted by atomic mass is 10.00. The molecule has 0 aliphatic carbocycles. The molecule has 0 heterocycles. The molecule has 0 radical (unpaired) electrons. The second-order valence-corrected chi connectivity index (χ2v) is 3.48. The molecule has 1 rings (SSSR count). The van der Waals surface area contributed by atoms with Crippen molar-refractivity contribution in [1.29, 1.82) is 0 Å². The molecule has 17 heavy (non-hydrogen) atoms. The monoisotopic (exact) mass is 241 g/mol. The van der Waals surface area contributed by atoms with Gasteiger partial charge in [-0.25, -0.2) is 0 Å². The molecule has 1 atom stereocenters.